The van der Waals surface area contributed by atoms with E-state index in [1.807, 2.05) is 18.2 Å². The number of rotatable bonds is 4. The van der Waals surface area contributed by atoms with Gasteiger partial charge in [0, 0.05) is 19.6 Å². The van der Waals surface area contributed by atoms with Crippen LogP contribution in [0.25, 0.3) is 0 Å². The Morgan fingerprint density at radius 1 is 1.29 bits per heavy atom. The van der Waals surface area contributed by atoms with E-state index in [4.69, 9.17) is 0 Å². The summed E-state index contributed by atoms with van der Waals surface area (Å²) in [4.78, 5) is 2.24. The monoisotopic (exact) mass is 234 g/mol. The highest BCUT2D eigenvalue weighted by atomic mass is 16.5. The lowest BCUT2D eigenvalue weighted by molar-refractivity contribution is -0.239. The molecular weight excluding hydrogens is 212 g/mol. The van der Waals surface area contributed by atoms with E-state index < -0.39 is 0 Å². The number of hydrogen-bond acceptors (Lipinski definition) is 3. The molecule has 1 saturated heterocycles. The number of likely N-dealkylation sites (N-methyl/N-ethyl adjacent to an activating group) is 1. The maximum Gasteiger partial charge on any atom is 0.0739 e. The fourth-order valence-electron chi connectivity index (χ4n) is 2.63. The summed E-state index contributed by atoms with van der Waals surface area (Å²) in [6.45, 7) is 6.84. The summed E-state index contributed by atoms with van der Waals surface area (Å²) in [6.07, 6.45) is 0. The van der Waals surface area contributed by atoms with Crippen molar-refractivity contribution in [3.8, 4) is 0 Å². The lowest BCUT2D eigenvalue weighted by Gasteiger charge is -2.55. The first-order valence-corrected chi connectivity index (χ1v) is 6.23. The Labute approximate surface area is 104 Å². The lowest BCUT2D eigenvalue weighted by Crippen LogP contribution is -2.70. The largest absolute Gasteiger partial charge is 0.313 e. The van der Waals surface area contributed by atoms with E-state index in [1.165, 1.54) is 5.06 Å². The second-order valence-electron chi connectivity index (χ2n) is 5.47. The Hall–Kier alpha value is -0.900. The molecule has 94 valence electrons. The first kappa shape index (κ1) is 12.6. The van der Waals surface area contributed by atoms with Crippen LogP contribution in [0.15, 0.2) is 30.3 Å². The van der Waals surface area contributed by atoms with Crippen LogP contribution in [0.5, 0.6) is 0 Å². The molecule has 0 bridgehead atoms. The van der Waals surface area contributed by atoms with E-state index in [1.54, 1.807) is 0 Å². The van der Waals surface area contributed by atoms with Crippen molar-refractivity contribution in [1.82, 2.24) is 9.96 Å². The molecule has 0 spiro atoms. The molecular formula is C14H22N2O. The topological polar surface area (TPSA) is 26.7 Å². The van der Waals surface area contributed by atoms with E-state index in [0.29, 0.717) is 12.5 Å². The Morgan fingerprint density at radius 2 is 1.88 bits per heavy atom. The molecule has 0 unspecified atom stereocenters. The van der Waals surface area contributed by atoms with Crippen LogP contribution in [-0.2, 0) is 6.54 Å². The zero-order valence-corrected chi connectivity index (χ0v) is 10.9. The van der Waals surface area contributed by atoms with Crippen LogP contribution in [0.3, 0.4) is 0 Å². The molecule has 0 amide bonds. The predicted molar refractivity (Wildman–Crippen MR) is 68.8 cm³/mol. The molecule has 3 heteroatoms. The smallest absolute Gasteiger partial charge is 0.0739 e. The SMILES string of the molecule is CC(C)C1(N(O)Cc2ccccc2)CN(C)C1. The number of nitrogens with zero attached hydrogens (tertiary/aromatic N) is 2. The highest BCUT2D eigenvalue weighted by molar-refractivity contribution is 5.15. The summed E-state index contributed by atoms with van der Waals surface area (Å²) in [5.41, 5.74) is 1.08. The first-order valence-electron chi connectivity index (χ1n) is 6.23. The zero-order chi connectivity index (χ0) is 12.5. The molecule has 1 aliphatic rings. The van der Waals surface area contributed by atoms with Crippen LogP contribution >= 0.6 is 0 Å². The van der Waals surface area contributed by atoms with Crippen molar-refractivity contribution in [3.63, 3.8) is 0 Å². The maximum atomic E-state index is 10.4. The Kier molecular flexibility index (Phi) is 3.52. The molecule has 0 saturated carbocycles. The van der Waals surface area contributed by atoms with E-state index >= 15 is 0 Å². The van der Waals surface area contributed by atoms with E-state index in [-0.39, 0.29) is 5.54 Å². The summed E-state index contributed by atoms with van der Waals surface area (Å²) < 4.78 is 0. The third-order valence-electron chi connectivity index (χ3n) is 3.85. The van der Waals surface area contributed by atoms with Gasteiger partial charge in [-0.1, -0.05) is 44.2 Å². The molecule has 0 aliphatic carbocycles. The van der Waals surface area contributed by atoms with Crippen LogP contribution in [0.1, 0.15) is 19.4 Å². The average Bonchev–Trinajstić information content (AvgIpc) is 2.25. The minimum absolute atomic E-state index is 0.0788. The van der Waals surface area contributed by atoms with Crippen molar-refractivity contribution in [3.05, 3.63) is 35.9 Å². The second-order valence-corrected chi connectivity index (χ2v) is 5.47. The van der Waals surface area contributed by atoms with Crippen molar-refractivity contribution in [2.24, 2.45) is 5.92 Å². The van der Waals surface area contributed by atoms with Gasteiger partial charge in [-0.05, 0) is 18.5 Å². The maximum absolute atomic E-state index is 10.4. The van der Waals surface area contributed by atoms with Gasteiger partial charge in [0.05, 0.1) is 5.54 Å². The van der Waals surface area contributed by atoms with E-state index in [9.17, 15) is 5.21 Å². The third-order valence-corrected chi connectivity index (χ3v) is 3.85. The average molecular weight is 234 g/mol. The molecule has 1 aliphatic heterocycles. The van der Waals surface area contributed by atoms with Gasteiger partial charge in [-0.15, -0.1) is 0 Å². The molecule has 1 heterocycles. The van der Waals surface area contributed by atoms with Crippen molar-refractivity contribution >= 4 is 0 Å². The number of benzene rings is 1. The minimum Gasteiger partial charge on any atom is -0.313 e. The van der Waals surface area contributed by atoms with Crippen molar-refractivity contribution in [2.45, 2.75) is 25.9 Å². The fourth-order valence-corrected chi connectivity index (χ4v) is 2.63. The molecule has 1 N–H and O–H groups in total. The molecule has 0 atom stereocenters. The molecule has 1 aromatic rings. The molecule has 0 radical (unpaired) electrons. The van der Waals surface area contributed by atoms with Gasteiger partial charge in [-0.2, -0.15) is 5.06 Å². The molecule has 0 aromatic heterocycles. The fraction of sp³-hybridized carbons (Fsp3) is 0.571. The summed E-state index contributed by atoms with van der Waals surface area (Å²) in [7, 11) is 2.09. The van der Waals surface area contributed by atoms with Gasteiger partial charge in [0.2, 0.25) is 0 Å². The van der Waals surface area contributed by atoms with Crippen LogP contribution in [0.2, 0.25) is 0 Å². The number of hydrogen-bond donors (Lipinski definition) is 1. The summed E-state index contributed by atoms with van der Waals surface area (Å²) in [5.74, 6) is 0.451. The van der Waals surface area contributed by atoms with Crippen molar-refractivity contribution in [2.75, 3.05) is 20.1 Å². The standard InChI is InChI=1S/C14H22N2O/c1-12(2)14(10-15(3)11-14)16(17)9-13-7-5-4-6-8-13/h4-8,12,17H,9-11H2,1-3H3. The summed E-state index contributed by atoms with van der Waals surface area (Å²) in [5, 5.41) is 11.9. The lowest BCUT2D eigenvalue weighted by atomic mass is 9.79. The highest BCUT2D eigenvalue weighted by Gasteiger charge is 2.48. The van der Waals surface area contributed by atoms with E-state index in [0.717, 1.165) is 18.7 Å². The zero-order valence-electron chi connectivity index (χ0n) is 10.9. The molecule has 3 nitrogen and oxygen atoms in total. The highest BCUT2D eigenvalue weighted by Crippen LogP contribution is 2.33. The van der Waals surface area contributed by atoms with Gasteiger partial charge in [-0.25, -0.2) is 0 Å². The van der Waals surface area contributed by atoms with Gasteiger partial charge >= 0.3 is 0 Å². The van der Waals surface area contributed by atoms with Crippen LogP contribution in [-0.4, -0.2) is 40.8 Å². The van der Waals surface area contributed by atoms with Crippen LogP contribution < -0.4 is 0 Å². The summed E-state index contributed by atoms with van der Waals surface area (Å²) >= 11 is 0. The molecule has 1 fully saturated rings. The van der Waals surface area contributed by atoms with Crippen molar-refractivity contribution < 1.29 is 5.21 Å². The molecule has 2 rings (SSSR count). The Bertz CT molecular complexity index is 358. The number of likely N-dealkylation sites (tertiary alicyclic amines) is 1. The normalized spacial score (nSPS) is 19.6. The minimum atomic E-state index is -0.0788. The van der Waals surface area contributed by atoms with Crippen LogP contribution in [0.4, 0.5) is 0 Å². The Morgan fingerprint density at radius 3 is 2.35 bits per heavy atom. The van der Waals surface area contributed by atoms with Crippen LogP contribution in [0, 0.1) is 5.92 Å². The van der Waals surface area contributed by atoms with Gasteiger partial charge in [-0.3, -0.25) is 0 Å². The quantitative estimate of drug-likeness (QED) is 0.809. The third kappa shape index (κ3) is 2.37. The van der Waals surface area contributed by atoms with Gasteiger partial charge in [0.15, 0.2) is 0 Å². The second kappa shape index (κ2) is 4.77. The predicted octanol–water partition coefficient (Wildman–Crippen LogP) is 2.22. The van der Waals surface area contributed by atoms with Gasteiger partial charge in [0.25, 0.3) is 0 Å². The van der Waals surface area contributed by atoms with Crippen molar-refractivity contribution in [1.29, 1.82) is 0 Å². The van der Waals surface area contributed by atoms with Gasteiger partial charge in [0.1, 0.15) is 0 Å². The molecule has 17 heavy (non-hydrogen) atoms. The van der Waals surface area contributed by atoms with E-state index in [2.05, 4.69) is 37.9 Å². The summed E-state index contributed by atoms with van der Waals surface area (Å²) in [6, 6.07) is 10.1. The number of hydroxylamine groups is 2. The molecule has 1 aromatic carbocycles. The first-order chi connectivity index (χ1) is 8.04. The van der Waals surface area contributed by atoms with Gasteiger partial charge < -0.3 is 10.1 Å². The Balaban J connectivity index is 2.06.